The van der Waals surface area contributed by atoms with Crippen LogP contribution < -0.4 is 5.32 Å². The Balaban J connectivity index is 1.66. The number of thiazole rings is 1. The topological polar surface area (TPSA) is 51.2 Å². The van der Waals surface area contributed by atoms with E-state index in [2.05, 4.69) is 15.0 Å². The quantitative estimate of drug-likeness (QED) is 0.635. The molecule has 1 saturated carbocycles. The first kappa shape index (κ1) is 13.3. The predicted octanol–water partition coefficient (Wildman–Crippen LogP) is 3.31. The van der Waals surface area contributed by atoms with Gasteiger partial charge in [0.2, 0.25) is 0 Å². The van der Waals surface area contributed by atoms with Crippen molar-refractivity contribution >= 4 is 22.4 Å². The van der Waals surface area contributed by atoms with Crippen LogP contribution in [0.15, 0.2) is 5.38 Å². The van der Waals surface area contributed by atoms with E-state index in [0.717, 1.165) is 17.6 Å². The molecule has 0 radical (unpaired) electrons. The molecule has 2 rings (SSSR count). The number of ether oxygens (including phenoxy) is 1. The van der Waals surface area contributed by atoms with Gasteiger partial charge < -0.3 is 10.1 Å². The summed E-state index contributed by atoms with van der Waals surface area (Å²) in [6.07, 6.45) is 8.12. The van der Waals surface area contributed by atoms with Gasteiger partial charge in [-0.1, -0.05) is 25.7 Å². The number of esters is 1. The van der Waals surface area contributed by atoms with Crippen molar-refractivity contribution in [2.24, 2.45) is 5.92 Å². The molecule has 0 amide bonds. The summed E-state index contributed by atoms with van der Waals surface area (Å²) in [5, 5.41) is 5.80. The normalized spacial score (nSPS) is 15.8. The van der Waals surface area contributed by atoms with E-state index >= 15 is 0 Å². The minimum atomic E-state index is -0.370. The molecule has 0 aliphatic heterocycles. The van der Waals surface area contributed by atoms with Crippen molar-refractivity contribution in [3.05, 3.63) is 11.1 Å². The average molecular weight is 268 g/mol. The van der Waals surface area contributed by atoms with Gasteiger partial charge in [-0.3, -0.25) is 0 Å². The molecule has 1 heterocycles. The number of hydrogen-bond acceptors (Lipinski definition) is 5. The number of methoxy groups -OCH3 is 1. The summed E-state index contributed by atoms with van der Waals surface area (Å²) in [4.78, 5) is 15.4. The molecule has 1 N–H and O–H groups in total. The lowest BCUT2D eigenvalue weighted by molar-refractivity contribution is 0.0595. The Kier molecular flexibility index (Phi) is 4.99. The zero-order valence-electron chi connectivity index (χ0n) is 10.8. The molecule has 0 unspecified atom stereocenters. The molecule has 1 fully saturated rings. The third-order valence-electron chi connectivity index (χ3n) is 3.44. The molecular weight excluding hydrogens is 248 g/mol. The third kappa shape index (κ3) is 3.70. The fourth-order valence-electron chi connectivity index (χ4n) is 2.44. The SMILES string of the molecule is COC(=O)c1csc(NCCCC2CCCC2)n1. The van der Waals surface area contributed by atoms with Crippen LogP contribution in [0, 0.1) is 5.92 Å². The molecule has 0 aromatic carbocycles. The molecule has 0 atom stereocenters. The summed E-state index contributed by atoms with van der Waals surface area (Å²) in [5.41, 5.74) is 0.390. The summed E-state index contributed by atoms with van der Waals surface area (Å²) in [6.45, 7) is 0.935. The number of anilines is 1. The monoisotopic (exact) mass is 268 g/mol. The Morgan fingerprint density at radius 3 is 3.06 bits per heavy atom. The van der Waals surface area contributed by atoms with Gasteiger partial charge in [0.15, 0.2) is 10.8 Å². The van der Waals surface area contributed by atoms with E-state index in [0.29, 0.717) is 5.69 Å². The number of hydrogen-bond donors (Lipinski definition) is 1. The first-order valence-electron chi connectivity index (χ1n) is 6.57. The number of nitrogens with one attached hydrogen (secondary N) is 1. The van der Waals surface area contributed by atoms with Crippen molar-refractivity contribution in [2.45, 2.75) is 38.5 Å². The number of carbonyl (C=O) groups is 1. The number of nitrogens with zero attached hydrogens (tertiary/aromatic N) is 1. The lowest BCUT2D eigenvalue weighted by Crippen LogP contribution is -2.05. The van der Waals surface area contributed by atoms with Gasteiger partial charge in [-0.15, -0.1) is 11.3 Å². The maximum Gasteiger partial charge on any atom is 0.357 e. The highest BCUT2D eigenvalue weighted by atomic mass is 32.1. The Hall–Kier alpha value is -1.10. The molecule has 1 aliphatic carbocycles. The molecule has 1 aromatic heterocycles. The van der Waals surface area contributed by atoms with Gasteiger partial charge in [0, 0.05) is 11.9 Å². The third-order valence-corrected chi connectivity index (χ3v) is 4.24. The zero-order valence-corrected chi connectivity index (χ0v) is 11.6. The second-order valence-electron chi connectivity index (χ2n) is 4.75. The van der Waals surface area contributed by atoms with Crippen molar-refractivity contribution in [1.82, 2.24) is 4.98 Å². The molecule has 4 nitrogen and oxygen atoms in total. The molecule has 0 spiro atoms. The highest BCUT2D eigenvalue weighted by Gasteiger charge is 2.14. The molecule has 0 bridgehead atoms. The zero-order chi connectivity index (χ0) is 12.8. The van der Waals surface area contributed by atoms with E-state index in [1.165, 1.54) is 57.0 Å². The van der Waals surface area contributed by atoms with Crippen LogP contribution in [-0.4, -0.2) is 24.6 Å². The highest BCUT2D eigenvalue weighted by molar-refractivity contribution is 7.13. The Labute approximate surface area is 112 Å². The minimum Gasteiger partial charge on any atom is -0.464 e. The van der Waals surface area contributed by atoms with E-state index in [9.17, 15) is 4.79 Å². The molecule has 1 aliphatic rings. The van der Waals surface area contributed by atoms with Crippen LogP contribution in [0.1, 0.15) is 49.0 Å². The fourth-order valence-corrected chi connectivity index (χ4v) is 3.15. The van der Waals surface area contributed by atoms with Gasteiger partial charge in [-0.05, 0) is 18.8 Å². The van der Waals surface area contributed by atoms with E-state index in [1.807, 2.05) is 0 Å². The smallest absolute Gasteiger partial charge is 0.357 e. The van der Waals surface area contributed by atoms with Crippen LogP contribution >= 0.6 is 11.3 Å². The molecule has 5 heteroatoms. The van der Waals surface area contributed by atoms with E-state index in [1.54, 1.807) is 5.38 Å². The van der Waals surface area contributed by atoms with Gasteiger partial charge in [-0.25, -0.2) is 9.78 Å². The van der Waals surface area contributed by atoms with Gasteiger partial charge >= 0.3 is 5.97 Å². The lowest BCUT2D eigenvalue weighted by atomic mass is 10.0. The van der Waals surface area contributed by atoms with Crippen LogP contribution in [0.3, 0.4) is 0 Å². The van der Waals surface area contributed by atoms with Crippen molar-refractivity contribution in [2.75, 3.05) is 19.0 Å². The van der Waals surface area contributed by atoms with E-state index < -0.39 is 0 Å². The first-order valence-corrected chi connectivity index (χ1v) is 7.45. The van der Waals surface area contributed by atoms with Crippen LogP contribution in [0.2, 0.25) is 0 Å². The van der Waals surface area contributed by atoms with E-state index in [-0.39, 0.29) is 5.97 Å². The maximum absolute atomic E-state index is 11.2. The van der Waals surface area contributed by atoms with Crippen molar-refractivity contribution < 1.29 is 9.53 Å². The van der Waals surface area contributed by atoms with Crippen LogP contribution in [0.25, 0.3) is 0 Å². The fraction of sp³-hybridized carbons (Fsp3) is 0.692. The summed E-state index contributed by atoms with van der Waals surface area (Å²) in [7, 11) is 1.37. The van der Waals surface area contributed by atoms with Gasteiger partial charge in [-0.2, -0.15) is 0 Å². The molecular formula is C13H20N2O2S. The Bertz CT molecular complexity index is 386. The summed E-state index contributed by atoms with van der Waals surface area (Å²) >= 11 is 1.45. The standard InChI is InChI=1S/C13H20N2O2S/c1-17-12(16)11-9-18-13(15-11)14-8-4-7-10-5-2-3-6-10/h9-10H,2-8H2,1H3,(H,14,15). The number of carbonyl (C=O) groups excluding carboxylic acids is 1. The van der Waals surface area contributed by atoms with E-state index in [4.69, 9.17) is 0 Å². The second-order valence-corrected chi connectivity index (χ2v) is 5.61. The lowest BCUT2D eigenvalue weighted by Gasteiger charge is -2.08. The minimum absolute atomic E-state index is 0.370. The van der Waals surface area contributed by atoms with Gasteiger partial charge in [0.25, 0.3) is 0 Å². The molecule has 18 heavy (non-hydrogen) atoms. The number of rotatable bonds is 6. The predicted molar refractivity (Wildman–Crippen MR) is 73.1 cm³/mol. The van der Waals surface area contributed by atoms with Crippen LogP contribution in [-0.2, 0) is 4.74 Å². The van der Waals surface area contributed by atoms with Gasteiger partial charge in [0.1, 0.15) is 0 Å². The summed E-state index contributed by atoms with van der Waals surface area (Å²) < 4.78 is 4.62. The van der Waals surface area contributed by atoms with Crippen molar-refractivity contribution in [3.8, 4) is 0 Å². The van der Waals surface area contributed by atoms with Crippen molar-refractivity contribution in [1.29, 1.82) is 0 Å². The highest BCUT2D eigenvalue weighted by Crippen LogP contribution is 2.28. The summed E-state index contributed by atoms with van der Waals surface area (Å²) in [5.74, 6) is 0.569. The Morgan fingerprint density at radius 1 is 1.56 bits per heavy atom. The van der Waals surface area contributed by atoms with Crippen LogP contribution in [0.4, 0.5) is 5.13 Å². The molecule has 100 valence electrons. The van der Waals surface area contributed by atoms with Crippen LogP contribution in [0.5, 0.6) is 0 Å². The van der Waals surface area contributed by atoms with Gasteiger partial charge in [0.05, 0.1) is 7.11 Å². The summed E-state index contributed by atoms with van der Waals surface area (Å²) in [6, 6.07) is 0. The number of aromatic nitrogens is 1. The van der Waals surface area contributed by atoms with Crippen molar-refractivity contribution in [3.63, 3.8) is 0 Å². The Morgan fingerprint density at radius 2 is 2.33 bits per heavy atom. The molecule has 0 saturated heterocycles. The largest absolute Gasteiger partial charge is 0.464 e. The maximum atomic E-state index is 11.2. The first-order chi connectivity index (χ1) is 8.79. The second kappa shape index (κ2) is 6.73. The molecule has 1 aromatic rings. The average Bonchev–Trinajstić information content (AvgIpc) is 3.05.